The number of anilines is 1. The summed E-state index contributed by atoms with van der Waals surface area (Å²) >= 11 is 2.72. The van der Waals surface area contributed by atoms with Gasteiger partial charge in [-0.1, -0.05) is 42.1 Å². The molecule has 2 aromatic carbocycles. The van der Waals surface area contributed by atoms with Crippen molar-refractivity contribution in [3.05, 3.63) is 59.5 Å². The lowest BCUT2D eigenvalue weighted by atomic mass is 10.1. The molecule has 2 heterocycles. The molecule has 1 N–H and O–H groups in total. The van der Waals surface area contributed by atoms with Crippen molar-refractivity contribution in [3.8, 4) is 11.4 Å². The van der Waals surface area contributed by atoms with Gasteiger partial charge in [0.25, 0.3) is 0 Å². The van der Waals surface area contributed by atoms with Gasteiger partial charge in [-0.05, 0) is 18.2 Å². The molecule has 10 heteroatoms. The molecule has 0 saturated carbocycles. The van der Waals surface area contributed by atoms with Gasteiger partial charge in [0.1, 0.15) is 0 Å². The number of amides is 1. The maximum absolute atomic E-state index is 13.1. The van der Waals surface area contributed by atoms with Crippen LogP contribution in [-0.4, -0.2) is 26.4 Å². The lowest BCUT2D eigenvalue weighted by molar-refractivity contribution is -0.137. The molecular formula is C20H15F3N4OS2. The second kappa shape index (κ2) is 8.11. The quantitative estimate of drug-likeness (QED) is 0.413. The fraction of sp³-hybridized carbons (Fsp3) is 0.150. The minimum atomic E-state index is -4.54. The maximum Gasteiger partial charge on any atom is 0.418 e. The zero-order valence-electron chi connectivity index (χ0n) is 15.6. The number of para-hydroxylation sites is 1. The Bertz CT molecular complexity index is 1220. The summed E-state index contributed by atoms with van der Waals surface area (Å²) in [6.07, 6.45) is -4.54. The molecule has 0 saturated heterocycles. The Hall–Kier alpha value is -2.85. The summed E-state index contributed by atoms with van der Waals surface area (Å²) in [5, 5.41) is 14.3. The Morgan fingerprint density at radius 2 is 1.87 bits per heavy atom. The topological polar surface area (TPSA) is 59.8 Å². The number of thiophene rings is 1. The number of nitrogens with zero attached hydrogens (tertiary/aromatic N) is 3. The highest BCUT2D eigenvalue weighted by molar-refractivity contribution is 7.99. The molecule has 4 rings (SSSR count). The minimum absolute atomic E-state index is 0.0947. The highest BCUT2D eigenvalue weighted by Gasteiger charge is 2.33. The molecule has 1 amide bonds. The van der Waals surface area contributed by atoms with Crippen molar-refractivity contribution in [3.63, 3.8) is 0 Å². The van der Waals surface area contributed by atoms with Gasteiger partial charge >= 0.3 is 6.18 Å². The molecule has 4 aromatic rings. The number of thioether (sulfide) groups is 1. The number of fused-ring (bicyclic) bond motifs is 1. The van der Waals surface area contributed by atoms with E-state index in [0.717, 1.165) is 33.5 Å². The predicted octanol–water partition coefficient (Wildman–Crippen LogP) is 5.45. The Balaban J connectivity index is 1.47. The third kappa shape index (κ3) is 4.05. The number of hydrogen-bond acceptors (Lipinski definition) is 5. The molecule has 0 aliphatic heterocycles. The number of nitrogens with one attached hydrogen (secondary N) is 1. The van der Waals surface area contributed by atoms with Crippen LogP contribution in [0.3, 0.4) is 0 Å². The van der Waals surface area contributed by atoms with E-state index in [9.17, 15) is 18.0 Å². The Morgan fingerprint density at radius 1 is 1.13 bits per heavy atom. The van der Waals surface area contributed by atoms with Crippen molar-refractivity contribution in [2.24, 2.45) is 7.05 Å². The van der Waals surface area contributed by atoms with Crippen molar-refractivity contribution in [2.75, 3.05) is 11.1 Å². The maximum atomic E-state index is 13.1. The van der Waals surface area contributed by atoms with Crippen LogP contribution >= 0.6 is 23.1 Å². The van der Waals surface area contributed by atoms with Gasteiger partial charge in [0, 0.05) is 28.1 Å². The van der Waals surface area contributed by atoms with Gasteiger partial charge in [-0.25, -0.2) is 0 Å². The molecule has 0 spiro atoms. The first-order valence-electron chi connectivity index (χ1n) is 8.79. The van der Waals surface area contributed by atoms with Crippen molar-refractivity contribution < 1.29 is 18.0 Å². The fourth-order valence-corrected chi connectivity index (χ4v) is 4.63. The molecular weight excluding hydrogens is 433 g/mol. The summed E-state index contributed by atoms with van der Waals surface area (Å²) in [4.78, 5) is 12.2. The van der Waals surface area contributed by atoms with E-state index < -0.39 is 17.6 Å². The van der Waals surface area contributed by atoms with Gasteiger partial charge < -0.3 is 9.88 Å². The average Bonchev–Trinajstić information content (AvgIpc) is 3.29. The minimum Gasteiger partial charge on any atom is -0.325 e. The van der Waals surface area contributed by atoms with Crippen LogP contribution in [0.4, 0.5) is 18.9 Å². The number of benzene rings is 2. The number of alkyl halides is 3. The summed E-state index contributed by atoms with van der Waals surface area (Å²) in [5.74, 6) is 0.0164. The summed E-state index contributed by atoms with van der Waals surface area (Å²) < 4.78 is 42.1. The lowest BCUT2D eigenvalue weighted by Gasteiger charge is -2.13. The Kier molecular flexibility index (Phi) is 5.52. The number of rotatable bonds is 5. The van der Waals surface area contributed by atoms with E-state index in [-0.39, 0.29) is 11.4 Å². The zero-order valence-corrected chi connectivity index (χ0v) is 17.2. The second-order valence-electron chi connectivity index (χ2n) is 6.39. The second-order valence-corrected chi connectivity index (χ2v) is 8.24. The summed E-state index contributed by atoms with van der Waals surface area (Å²) in [7, 11) is 1.79. The first-order valence-corrected chi connectivity index (χ1v) is 10.7. The van der Waals surface area contributed by atoms with Gasteiger partial charge in [0.05, 0.1) is 17.0 Å². The Labute approximate surface area is 177 Å². The molecule has 0 fully saturated rings. The third-order valence-electron chi connectivity index (χ3n) is 4.40. The highest BCUT2D eigenvalue weighted by atomic mass is 32.2. The largest absolute Gasteiger partial charge is 0.418 e. The van der Waals surface area contributed by atoms with Crippen molar-refractivity contribution >= 4 is 44.8 Å². The molecule has 5 nitrogen and oxygen atoms in total. The number of carbonyl (C=O) groups is 1. The van der Waals surface area contributed by atoms with Gasteiger partial charge in [0.2, 0.25) is 5.91 Å². The normalized spacial score (nSPS) is 11.7. The van der Waals surface area contributed by atoms with Crippen LogP contribution in [0.5, 0.6) is 0 Å². The van der Waals surface area contributed by atoms with E-state index in [2.05, 4.69) is 15.5 Å². The van der Waals surface area contributed by atoms with E-state index in [0.29, 0.717) is 11.0 Å². The number of carbonyl (C=O) groups excluding carboxylic acids is 1. The molecule has 2 aromatic heterocycles. The van der Waals surface area contributed by atoms with Crippen LogP contribution in [0.1, 0.15) is 5.56 Å². The third-order valence-corrected chi connectivity index (χ3v) is 6.38. The van der Waals surface area contributed by atoms with Gasteiger partial charge in [-0.15, -0.1) is 21.5 Å². The monoisotopic (exact) mass is 448 g/mol. The van der Waals surface area contributed by atoms with E-state index in [1.807, 2.05) is 29.6 Å². The van der Waals surface area contributed by atoms with E-state index >= 15 is 0 Å². The van der Waals surface area contributed by atoms with E-state index in [1.54, 1.807) is 23.0 Å². The average molecular weight is 448 g/mol. The van der Waals surface area contributed by atoms with Crippen LogP contribution in [0.2, 0.25) is 0 Å². The smallest absolute Gasteiger partial charge is 0.325 e. The molecule has 154 valence electrons. The summed E-state index contributed by atoms with van der Waals surface area (Å²) in [6.45, 7) is 0. The molecule has 0 atom stereocenters. The van der Waals surface area contributed by atoms with E-state index in [1.165, 1.54) is 18.2 Å². The fourth-order valence-electron chi connectivity index (χ4n) is 2.98. The molecule has 0 bridgehead atoms. The molecule has 0 aliphatic carbocycles. The molecule has 0 radical (unpaired) electrons. The highest BCUT2D eigenvalue weighted by Crippen LogP contribution is 2.35. The number of halogens is 3. The predicted molar refractivity (Wildman–Crippen MR) is 113 cm³/mol. The van der Waals surface area contributed by atoms with Crippen LogP contribution in [0.15, 0.2) is 59.1 Å². The van der Waals surface area contributed by atoms with Crippen LogP contribution < -0.4 is 5.32 Å². The van der Waals surface area contributed by atoms with Crippen LogP contribution in [0.25, 0.3) is 21.5 Å². The van der Waals surface area contributed by atoms with Crippen LogP contribution in [0, 0.1) is 0 Å². The van der Waals surface area contributed by atoms with Gasteiger partial charge in [-0.3, -0.25) is 4.79 Å². The molecule has 30 heavy (non-hydrogen) atoms. The van der Waals surface area contributed by atoms with Crippen molar-refractivity contribution in [1.82, 2.24) is 14.8 Å². The lowest BCUT2D eigenvalue weighted by Crippen LogP contribution is -2.18. The van der Waals surface area contributed by atoms with Crippen molar-refractivity contribution in [1.29, 1.82) is 0 Å². The standard InChI is InChI=1S/C20H15F3N4OS2/c1-27-18(13-10-29-16-9-5-2-6-12(13)16)25-26-19(27)30-11-17(28)24-15-8-4-3-7-14(15)20(21,22)23/h2-10H,11H2,1H3,(H,24,28). The number of hydrogen-bond donors (Lipinski definition) is 1. The SMILES string of the molecule is Cn1c(SCC(=O)Nc2ccccc2C(F)(F)F)nnc1-c1csc2ccccc12. The number of aromatic nitrogens is 3. The van der Waals surface area contributed by atoms with Crippen LogP contribution in [-0.2, 0) is 18.0 Å². The van der Waals surface area contributed by atoms with Gasteiger partial charge in [0.15, 0.2) is 11.0 Å². The first kappa shape index (κ1) is 20.4. The summed E-state index contributed by atoms with van der Waals surface area (Å²) in [6, 6.07) is 12.8. The zero-order chi connectivity index (χ0) is 21.3. The van der Waals surface area contributed by atoms with E-state index in [4.69, 9.17) is 0 Å². The Morgan fingerprint density at radius 3 is 2.67 bits per heavy atom. The molecule has 0 unspecified atom stereocenters. The molecule has 0 aliphatic rings. The van der Waals surface area contributed by atoms with Gasteiger partial charge in [-0.2, -0.15) is 13.2 Å². The summed E-state index contributed by atoms with van der Waals surface area (Å²) in [5.41, 5.74) is -0.200. The first-order chi connectivity index (χ1) is 14.3. The van der Waals surface area contributed by atoms with Crippen molar-refractivity contribution in [2.45, 2.75) is 11.3 Å².